The average molecular weight is 328 g/mol. The molecule has 7 nitrogen and oxygen atoms in total. The smallest absolute Gasteiger partial charge is 0.274 e. The third kappa shape index (κ3) is 2.95. The second-order valence-electron chi connectivity index (χ2n) is 6.96. The van der Waals surface area contributed by atoms with Gasteiger partial charge in [-0.15, -0.1) is 10.2 Å². The summed E-state index contributed by atoms with van der Waals surface area (Å²) in [5, 5.41) is 15.6. The van der Waals surface area contributed by atoms with Gasteiger partial charge in [-0.2, -0.15) is 5.10 Å². The molecule has 2 aromatic rings. The van der Waals surface area contributed by atoms with Gasteiger partial charge in [-0.3, -0.25) is 9.89 Å². The Labute approximate surface area is 141 Å². The van der Waals surface area contributed by atoms with Gasteiger partial charge in [-0.05, 0) is 38.2 Å². The number of aryl methyl sites for hydroxylation is 1. The average Bonchev–Trinajstić information content (AvgIpc) is 3.16. The van der Waals surface area contributed by atoms with E-state index < -0.39 is 0 Å². The number of amides is 1. The zero-order valence-corrected chi connectivity index (χ0v) is 14.1. The SMILES string of the molecule is CCCn1cnnc1[C@@H]1CCCN(C(=O)c2cc(C3CC3)[nH]n2)C1. The lowest BCUT2D eigenvalue weighted by atomic mass is 9.96. The summed E-state index contributed by atoms with van der Waals surface area (Å²) < 4.78 is 2.12. The highest BCUT2D eigenvalue weighted by Crippen LogP contribution is 2.39. The molecule has 1 saturated carbocycles. The number of nitrogens with zero attached hydrogens (tertiary/aromatic N) is 5. The van der Waals surface area contributed by atoms with Crippen LogP contribution in [0.4, 0.5) is 0 Å². The Morgan fingerprint density at radius 2 is 2.21 bits per heavy atom. The maximum Gasteiger partial charge on any atom is 0.274 e. The molecule has 1 amide bonds. The molecule has 2 fully saturated rings. The number of rotatable bonds is 5. The first-order valence-corrected chi connectivity index (χ1v) is 8.98. The molecule has 0 unspecified atom stereocenters. The molecule has 2 aliphatic rings. The minimum absolute atomic E-state index is 0.0319. The number of hydrogen-bond acceptors (Lipinski definition) is 4. The molecular weight excluding hydrogens is 304 g/mol. The van der Waals surface area contributed by atoms with E-state index in [4.69, 9.17) is 0 Å². The van der Waals surface area contributed by atoms with E-state index in [2.05, 4.69) is 31.9 Å². The number of carbonyl (C=O) groups excluding carboxylic acids is 1. The molecule has 1 aliphatic carbocycles. The lowest BCUT2D eigenvalue weighted by molar-refractivity contribution is 0.0697. The van der Waals surface area contributed by atoms with Crippen LogP contribution >= 0.6 is 0 Å². The highest BCUT2D eigenvalue weighted by atomic mass is 16.2. The summed E-state index contributed by atoms with van der Waals surface area (Å²) >= 11 is 0. The van der Waals surface area contributed by atoms with Crippen LogP contribution < -0.4 is 0 Å². The summed E-state index contributed by atoms with van der Waals surface area (Å²) in [6.45, 7) is 4.57. The molecule has 7 heteroatoms. The Morgan fingerprint density at radius 3 is 3.00 bits per heavy atom. The zero-order valence-electron chi connectivity index (χ0n) is 14.1. The summed E-state index contributed by atoms with van der Waals surface area (Å²) in [4.78, 5) is 14.7. The van der Waals surface area contributed by atoms with Gasteiger partial charge in [0.25, 0.3) is 5.91 Å². The van der Waals surface area contributed by atoms with Crippen LogP contribution in [0.25, 0.3) is 0 Å². The van der Waals surface area contributed by atoms with Crippen molar-refractivity contribution in [3.05, 3.63) is 29.6 Å². The molecule has 1 N–H and O–H groups in total. The van der Waals surface area contributed by atoms with Crippen molar-refractivity contribution in [2.24, 2.45) is 0 Å². The summed E-state index contributed by atoms with van der Waals surface area (Å²) in [6.07, 6.45) is 7.31. The molecule has 0 radical (unpaired) electrons. The number of H-pyrrole nitrogens is 1. The number of hydrogen-bond donors (Lipinski definition) is 1. The molecule has 24 heavy (non-hydrogen) atoms. The maximum absolute atomic E-state index is 12.8. The number of likely N-dealkylation sites (tertiary alicyclic amines) is 1. The van der Waals surface area contributed by atoms with Gasteiger partial charge in [-0.25, -0.2) is 0 Å². The molecule has 1 saturated heterocycles. The van der Waals surface area contributed by atoms with Crippen molar-refractivity contribution < 1.29 is 4.79 Å². The lowest BCUT2D eigenvalue weighted by Gasteiger charge is -2.32. The molecular formula is C17H24N6O. The van der Waals surface area contributed by atoms with Gasteiger partial charge in [0.2, 0.25) is 0 Å². The fourth-order valence-corrected chi connectivity index (χ4v) is 3.58. The zero-order chi connectivity index (χ0) is 16.5. The van der Waals surface area contributed by atoms with Crippen molar-refractivity contribution in [1.29, 1.82) is 0 Å². The van der Waals surface area contributed by atoms with Crippen molar-refractivity contribution in [3.63, 3.8) is 0 Å². The van der Waals surface area contributed by atoms with Crippen LogP contribution in [0.3, 0.4) is 0 Å². The third-order valence-corrected chi connectivity index (χ3v) is 5.02. The van der Waals surface area contributed by atoms with E-state index in [-0.39, 0.29) is 11.8 Å². The summed E-state index contributed by atoms with van der Waals surface area (Å²) in [7, 11) is 0. The highest BCUT2D eigenvalue weighted by molar-refractivity contribution is 5.92. The van der Waals surface area contributed by atoms with E-state index in [1.807, 2.05) is 11.0 Å². The maximum atomic E-state index is 12.8. The van der Waals surface area contributed by atoms with Crippen LogP contribution in [0.15, 0.2) is 12.4 Å². The van der Waals surface area contributed by atoms with Crippen LogP contribution in [-0.4, -0.2) is 48.9 Å². The lowest BCUT2D eigenvalue weighted by Crippen LogP contribution is -2.40. The number of piperidine rings is 1. The molecule has 128 valence electrons. The van der Waals surface area contributed by atoms with E-state index in [0.717, 1.165) is 43.9 Å². The van der Waals surface area contributed by atoms with Crippen LogP contribution in [0.5, 0.6) is 0 Å². The first kappa shape index (κ1) is 15.4. The standard InChI is InChI=1S/C17H24N6O/c1-2-7-23-11-18-21-16(23)13-4-3-8-22(10-13)17(24)15-9-14(19-20-15)12-5-6-12/h9,11-13H,2-8,10H2,1H3,(H,19,20)/t13-/m1/s1. The first-order chi connectivity index (χ1) is 11.8. The van der Waals surface area contributed by atoms with E-state index in [9.17, 15) is 4.79 Å². The summed E-state index contributed by atoms with van der Waals surface area (Å²) in [6, 6.07) is 1.93. The molecule has 0 spiro atoms. The van der Waals surface area contributed by atoms with Crippen molar-refractivity contribution in [1.82, 2.24) is 29.9 Å². The minimum atomic E-state index is 0.0319. The van der Waals surface area contributed by atoms with Gasteiger partial charge in [0, 0.05) is 37.2 Å². The summed E-state index contributed by atoms with van der Waals surface area (Å²) in [5.74, 6) is 1.89. The Balaban J connectivity index is 1.47. The molecule has 4 rings (SSSR count). The third-order valence-electron chi connectivity index (χ3n) is 5.02. The second-order valence-corrected chi connectivity index (χ2v) is 6.96. The highest BCUT2D eigenvalue weighted by Gasteiger charge is 2.31. The molecule has 0 bridgehead atoms. The van der Waals surface area contributed by atoms with E-state index >= 15 is 0 Å². The quantitative estimate of drug-likeness (QED) is 0.913. The molecule has 1 aliphatic heterocycles. The van der Waals surface area contributed by atoms with Gasteiger partial charge in [0.05, 0.1) is 0 Å². The topological polar surface area (TPSA) is 79.7 Å². The van der Waals surface area contributed by atoms with Gasteiger partial charge >= 0.3 is 0 Å². The van der Waals surface area contributed by atoms with Gasteiger partial charge in [0.15, 0.2) is 0 Å². The van der Waals surface area contributed by atoms with E-state index in [0.29, 0.717) is 18.2 Å². The van der Waals surface area contributed by atoms with Crippen molar-refractivity contribution in [3.8, 4) is 0 Å². The number of carbonyl (C=O) groups is 1. The van der Waals surface area contributed by atoms with Crippen molar-refractivity contribution in [2.45, 2.75) is 57.4 Å². The normalized spacial score (nSPS) is 21.2. The molecule has 0 aromatic carbocycles. The van der Waals surface area contributed by atoms with Crippen molar-refractivity contribution >= 4 is 5.91 Å². The monoisotopic (exact) mass is 328 g/mol. The first-order valence-electron chi connectivity index (χ1n) is 8.98. The van der Waals surface area contributed by atoms with Gasteiger partial charge < -0.3 is 9.47 Å². The minimum Gasteiger partial charge on any atom is -0.337 e. The van der Waals surface area contributed by atoms with E-state index in [1.165, 1.54) is 12.8 Å². The molecule has 1 atom stereocenters. The molecule has 3 heterocycles. The van der Waals surface area contributed by atoms with Crippen molar-refractivity contribution in [2.75, 3.05) is 13.1 Å². The van der Waals surface area contributed by atoms with Gasteiger partial charge in [-0.1, -0.05) is 6.92 Å². The number of aromatic nitrogens is 5. The van der Waals surface area contributed by atoms with Crippen LogP contribution in [0, 0.1) is 0 Å². The number of aromatic amines is 1. The largest absolute Gasteiger partial charge is 0.337 e. The second kappa shape index (κ2) is 6.37. The van der Waals surface area contributed by atoms with Crippen LogP contribution in [0.1, 0.15) is 72.9 Å². The Kier molecular flexibility index (Phi) is 4.08. The predicted molar refractivity (Wildman–Crippen MR) is 88.8 cm³/mol. The fourth-order valence-electron chi connectivity index (χ4n) is 3.58. The molecule has 2 aromatic heterocycles. The van der Waals surface area contributed by atoms with Gasteiger partial charge in [0.1, 0.15) is 17.8 Å². The summed E-state index contributed by atoms with van der Waals surface area (Å²) in [5.41, 5.74) is 1.65. The Bertz CT molecular complexity index is 716. The fraction of sp³-hybridized carbons (Fsp3) is 0.647. The van der Waals surface area contributed by atoms with E-state index in [1.54, 1.807) is 6.33 Å². The Hall–Kier alpha value is -2.18. The predicted octanol–water partition coefficient (Wildman–Crippen LogP) is 2.31. The van der Waals surface area contributed by atoms with Crippen LogP contribution in [0.2, 0.25) is 0 Å². The van der Waals surface area contributed by atoms with Crippen LogP contribution in [-0.2, 0) is 6.54 Å². The Morgan fingerprint density at radius 1 is 1.33 bits per heavy atom. The number of nitrogens with one attached hydrogen (secondary N) is 1.